The zero-order valence-corrected chi connectivity index (χ0v) is 16.6. The van der Waals surface area contributed by atoms with Crippen molar-refractivity contribution >= 4 is 34.2 Å². The molecule has 0 spiro atoms. The van der Waals surface area contributed by atoms with Crippen LogP contribution in [0.15, 0.2) is 18.2 Å². The summed E-state index contributed by atoms with van der Waals surface area (Å²) in [6.45, 7) is -0.793. The molecule has 1 aromatic carbocycles. The van der Waals surface area contributed by atoms with E-state index in [-0.39, 0.29) is 56.1 Å². The summed E-state index contributed by atoms with van der Waals surface area (Å²) >= 11 is 1.86. The van der Waals surface area contributed by atoms with Gasteiger partial charge in [-0.15, -0.1) is 5.70 Å². The molecule has 0 aliphatic carbocycles. The van der Waals surface area contributed by atoms with E-state index in [0.29, 0.717) is 0 Å². The van der Waals surface area contributed by atoms with Crippen LogP contribution in [0.1, 0.15) is 12.0 Å². The number of hydrogen-bond donors (Lipinski definition) is 0. The third-order valence-corrected chi connectivity index (χ3v) is 3.98. The second-order valence-corrected chi connectivity index (χ2v) is 5.86. The van der Waals surface area contributed by atoms with Crippen molar-refractivity contribution < 1.29 is 55.4 Å². The number of methoxy groups -OCH3 is 1. The molecule has 0 bridgehead atoms. The Hall–Kier alpha value is -0.146. The molecule has 1 aliphatic rings. The molecule has 1 aliphatic heterocycles. The van der Waals surface area contributed by atoms with Crippen LogP contribution in [0.4, 0.5) is 13.2 Å². The van der Waals surface area contributed by atoms with E-state index >= 15 is 0 Å². The van der Waals surface area contributed by atoms with Crippen molar-refractivity contribution in [3.05, 3.63) is 35.7 Å². The van der Waals surface area contributed by atoms with Crippen LogP contribution in [0, 0.1) is 11.9 Å². The number of halogens is 4. The second kappa shape index (κ2) is 8.63. The van der Waals surface area contributed by atoms with Gasteiger partial charge < -0.3 is 9.64 Å². The van der Waals surface area contributed by atoms with E-state index < -0.39 is 28.6 Å². The van der Waals surface area contributed by atoms with E-state index in [1.807, 2.05) is 22.6 Å². The van der Waals surface area contributed by atoms with Crippen LogP contribution in [0.25, 0.3) is 5.70 Å². The van der Waals surface area contributed by atoms with E-state index in [1.54, 1.807) is 0 Å². The number of rotatable bonds is 4. The summed E-state index contributed by atoms with van der Waals surface area (Å²) in [5.41, 5.74) is 0.000431. The third kappa shape index (κ3) is 4.23. The number of nitrogens with zero attached hydrogens (tertiary/aromatic N) is 1. The number of alkyl halides is 3. The topological polar surface area (TPSA) is 29.5 Å². The maximum atomic E-state index is 14.1. The Morgan fingerprint density at radius 1 is 1.50 bits per heavy atom. The van der Waals surface area contributed by atoms with Gasteiger partial charge in [0.15, 0.2) is 0 Å². The van der Waals surface area contributed by atoms with Crippen LogP contribution in [-0.2, 0) is 37.5 Å². The number of allylic oxidation sites excluding steroid dienone is 1. The van der Waals surface area contributed by atoms with E-state index in [9.17, 15) is 18.0 Å². The Balaban J connectivity index is 0.00000242. The molecule has 1 atom stereocenters. The first-order valence-electron chi connectivity index (χ1n) is 6.13. The molecule has 0 N–H and O–H groups in total. The van der Waals surface area contributed by atoms with Crippen molar-refractivity contribution in [3.63, 3.8) is 0 Å². The van der Waals surface area contributed by atoms with Crippen molar-refractivity contribution in [1.29, 1.82) is 0 Å². The number of carbonyl (C=O) groups is 1. The van der Waals surface area contributed by atoms with Gasteiger partial charge in [0.1, 0.15) is 0 Å². The van der Waals surface area contributed by atoms with E-state index in [0.717, 1.165) is 4.90 Å². The van der Waals surface area contributed by atoms with Crippen LogP contribution < -0.4 is 4.74 Å². The van der Waals surface area contributed by atoms with Crippen molar-refractivity contribution in [2.24, 2.45) is 0 Å². The van der Waals surface area contributed by atoms with Crippen molar-refractivity contribution in [1.82, 2.24) is 4.90 Å². The summed E-state index contributed by atoms with van der Waals surface area (Å²) in [4.78, 5) is 13.0. The molecule has 1 radical (unpaired) electrons. The van der Waals surface area contributed by atoms with Crippen LogP contribution in [0.3, 0.4) is 0 Å². The van der Waals surface area contributed by atoms with Gasteiger partial charge in [-0.25, -0.2) is 19.2 Å². The summed E-state index contributed by atoms with van der Waals surface area (Å²) in [5, 5.41) is 0. The average molecular weight is 499 g/mol. The van der Waals surface area contributed by atoms with Gasteiger partial charge in [-0.2, -0.15) is 0 Å². The summed E-state index contributed by atoms with van der Waals surface area (Å²) < 4.78 is 44.1. The molecule has 3 nitrogen and oxygen atoms in total. The Bertz CT molecular complexity index is 583. The standard InChI is InChI=1S/C14H12F3INO2.Y/c1-21-11-4-2-3-8(15)13(11)10-6-5-9(18)14(20)19(10)7-12(16)17;/h2-4,9,12H,5,7H2,1H3;/q-1;. The Morgan fingerprint density at radius 3 is 2.77 bits per heavy atom. The normalized spacial score (nSPS) is 18.1. The fraction of sp³-hybridized carbons (Fsp3) is 0.357. The molecule has 1 heterocycles. The first kappa shape index (κ1) is 19.9. The van der Waals surface area contributed by atoms with Crippen LogP contribution >= 0.6 is 22.6 Å². The SMILES string of the molecule is COc1cccc(F)c1C1=[C-]CC(I)C(=O)N1CC(F)F.[Y]. The number of amides is 1. The monoisotopic (exact) mass is 499 g/mol. The molecule has 0 saturated carbocycles. The number of benzene rings is 1. The van der Waals surface area contributed by atoms with Gasteiger partial charge in [0.25, 0.3) is 6.43 Å². The Labute approximate surface area is 165 Å². The molecule has 1 amide bonds. The molecular formula is C14H12F3INO2Y-. The van der Waals surface area contributed by atoms with E-state index in [2.05, 4.69) is 6.08 Å². The van der Waals surface area contributed by atoms with Crippen LogP contribution in [0.5, 0.6) is 5.75 Å². The molecule has 0 aromatic heterocycles. The molecular weight excluding hydrogens is 487 g/mol. The minimum Gasteiger partial charge on any atom is -0.515 e. The predicted octanol–water partition coefficient (Wildman–Crippen LogP) is 3.28. The van der Waals surface area contributed by atoms with E-state index in [1.165, 1.54) is 25.3 Å². The molecule has 0 saturated heterocycles. The summed E-state index contributed by atoms with van der Waals surface area (Å²) in [6.07, 6.45) is 0.372. The van der Waals surface area contributed by atoms with E-state index in [4.69, 9.17) is 4.74 Å². The molecule has 1 aromatic rings. The molecule has 2 rings (SSSR count). The summed E-state index contributed by atoms with van der Waals surface area (Å²) in [5.74, 6) is -0.942. The van der Waals surface area contributed by atoms with Gasteiger partial charge in [0.05, 0.1) is 29.1 Å². The molecule has 0 fully saturated rings. The smallest absolute Gasteiger partial charge is 0.256 e. The van der Waals surface area contributed by atoms with Gasteiger partial charge in [0, 0.05) is 32.7 Å². The zero-order valence-electron chi connectivity index (χ0n) is 11.7. The summed E-state index contributed by atoms with van der Waals surface area (Å²) in [6, 6.07) is 4.14. The number of carbonyl (C=O) groups excluding carboxylic acids is 1. The van der Waals surface area contributed by atoms with Gasteiger partial charge in [0.2, 0.25) is 5.91 Å². The van der Waals surface area contributed by atoms with Crippen LogP contribution in [0.2, 0.25) is 0 Å². The first-order valence-corrected chi connectivity index (χ1v) is 7.37. The average Bonchev–Trinajstić information content (AvgIpc) is 2.44. The van der Waals surface area contributed by atoms with Crippen LogP contribution in [-0.4, -0.2) is 34.8 Å². The quantitative estimate of drug-likeness (QED) is 0.362. The van der Waals surface area contributed by atoms with Gasteiger partial charge in [-0.3, -0.25) is 4.79 Å². The molecule has 8 heteroatoms. The Kier molecular flexibility index (Phi) is 7.81. The minimum absolute atomic E-state index is 0. The number of hydrogen-bond acceptors (Lipinski definition) is 2. The fourth-order valence-electron chi connectivity index (χ4n) is 2.10. The van der Waals surface area contributed by atoms with Crippen molar-refractivity contribution in [2.45, 2.75) is 16.8 Å². The minimum atomic E-state index is -2.72. The molecule has 22 heavy (non-hydrogen) atoms. The maximum absolute atomic E-state index is 14.1. The molecule has 117 valence electrons. The van der Waals surface area contributed by atoms with Crippen molar-refractivity contribution in [2.75, 3.05) is 13.7 Å². The van der Waals surface area contributed by atoms with Gasteiger partial charge >= 0.3 is 0 Å². The first-order chi connectivity index (χ1) is 9.95. The summed E-state index contributed by atoms with van der Waals surface area (Å²) in [7, 11) is 1.35. The number of ether oxygens (including phenoxy) is 1. The predicted molar refractivity (Wildman–Crippen MR) is 79.7 cm³/mol. The van der Waals surface area contributed by atoms with Gasteiger partial charge in [-0.05, 0) is 12.1 Å². The second-order valence-electron chi connectivity index (χ2n) is 4.35. The zero-order chi connectivity index (χ0) is 15.6. The fourth-order valence-corrected chi connectivity index (χ4v) is 2.65. The largest absolute Gasteiger partial charge is 0.515 e. The maximum Gasteiger partial charge on any atom is 0.256 e. The van der Waals surface area contributed by atoms with Gasteiger partial charge in [-0.1, -0.05) is 40.6 Å². The van der Waals surface area contributed by atoms with Crippen molar-refractivity contribution in [3.8, 4) is 5.75 Å². The molecule has 1 unspecified atom stereocenters. The third-order valence-electron chi connectivity index (χ3n) is 3.01. The Morgan fingerprint density at radius 2 is 2.18 bits per heavy atom.